The van der Waals surface area contributed by atoms with Crippen molar-refractivity contribution >= 4 is 13.8 Å². The van der Waals surface area contributed by atoms with Gasteiger partial charge in [-0.05, 0) is 0 Å². The molecule has 0 aliphatic carbocycles. The fourth-order valence-corrected chi connectivity index (χ4v) is 3.17. The Morgan fingerprint density at radius 1 is 1.42 bits per heavy atom. The van der Waals surface area contributed by atoms with Gasteiger partial charge in [0, 0.05) is 0 Å². The number of aryl methyl sites for hydroxylation is 1. The van der Waals surface area contributed by atoms with Crippen LogP contribution in [0.25, 0.3) is 0 Å². The van der Waals surface area contributed by atoms with Crippen LogP contribution in [0, 0.1) is 6.92 Å². The van der Waals surface area contributed by atoms with Crippen LogP contribution in [0.3, 0.4) is 0 Å². The summed E-state index contributed by atoms with van der Waals surface area (Å²) in [6.45, 7) is 1.96. The molecule has 1 rings (SSSR count). The van der Waals surface area contributed by atoms with Crippen LogP contribution in [0.2, 0.25) is 5.71 Å². The Kier molecular flexibility index (Phi) is 2.81. The molecule has 3 heteroatoms. The molecule has 0 amide bonds. The van der Waals surface area contributed by atoms with Crippen molar-refractivity contribution in [3.63, 3.8) is 0 Å². The molecule has 0 spiro atoms. The number of hydrogen-bond acceptors (Lipinski definition) is 1. The van der Waals surface area contributed by atoms with Crippen LogP contribution in [-0.2, 0) is 8.95 Å². The van der Waals surface area contributed by atoms with E-state index in [4.69, 9.17) is 0 Å². The summed E-state index contributed by atoms with van der Waals surface area (Å²) < 4.78 is 20.4. The van der Waals surface area contributed by atoms with E-state index >= 15 is 0 Å². The third-order valence-electron chi connectivity index (χ3n) is 1.72. The van der Waals surface area contributed by atoms with E-state index in [0.717, 1.165) is 11.1 Å². The van der Waals surface area contributed by atoms with E-state index < -0.39 is 13.8 Å². The quantitative estimate of drug-likeness (QED) is 0.780. The van der Waals surface area contributed by atoms with Gasteiger partial charge in [0.15, 0.2) is 0 Å². The van der Waals surface area contributed by atoms with Crippen LogP contribution in [0.15, 0.2) is 24.3 Å². The second-order valence-corrected chi connectivity index (χ2v) is 8.21. The summed E-state index contributed by atoms with van der Waals surface area (Å²) >= 11 is -3.49. The predicted octanol–water partition coefficient (Wildman–Crippen LogP) is 1.57. The van der Waals surface area contributed by atoms with Crippen molar-refractivity contribution in [2.75, 3.05) is 0 Å². The van der Waals surface area contributed by atoms with Gasteiger partial charge >= 0.3 is 74.9 Å². The summed E-state index contributed by atoms with van der Waals surface area (Å²) in [6, 6.07) is 7.70. The molecule has 1 aromatic carbocycles. The van der Waals surface area contributed by atoms with Gasteiger partial charge in [-0.2, -0.15) is 0 Å². The SMILES string of the molecule is Cc1ccccc1C[As](C)(=O)O. The van der Waals surface area contributed by atoms with Gasteiger partial charge in [-0.3, -0.25) is 0 Å². The van der Waals surface area contributed by atoms with Gasteiger partial charge in [0.25, 0.3) is 0 Å². The maximum absolute atomic E-state index is 11.2. The van der Waals surface area contributed by atoms with E-state index in [-0.39, 0.29) is 0 Å². The Morgan fingerprint density at radius 3 is 2.50 bits per heavy atom. The van der Waals surface area contributed by atoms with Crippen molar-refractivity contribution in [3.8, 4) is 0 Å². The third kappa shape index (κ3) is 2.88. The van der Waals surface area contributed by atoms with Crippen molar-refractivity contribution in [1.82, 2.24) is 0 Å². The summed E-state index contributed by atoms with van der Waals surface area (Å²) in [5.74, 6) is 0. The van der Waals surface area contributed by atoms with Crippen LogP contribution in [0.5, 0.6) is 0 Å². The minimum absolute atomic E-state index is 0.338. The van der Waals surface area contributed by atoms with Gasteiger partial charge in [0.1, 0.15) is 0 Å². The Labute approximate surface area is 75.3 Å². The first-order valence-electron chi connectivity index (χ1n) is 3.83. The molecule has 0 radical (unpaired) electrons. The van der Waals surface area contributed by atoms with E-state index in [1.54, 1.807) is 0 Å². The molecule has 1 aromatic rings. The molecule has 12 heavy (non-hydrogen) atoms. The molecule has 1 atom stereocenters. The average Bonchev–Trinajstić information content (AvgIpc) is 1.91. The molecule has 0 aromatic heterocycles. The van der Waals surface area contributed by atoms with Crippen molar-refractivity contribution in [3.05, 3.63) is 35.4 Å². The van der Waals surface area contributed by atoms with Crippen molar-refractivity contribution in [1.29, 1.82) is 0 Å². The molecular formula is C9H13AsO2. The Morgan fingerprint density at radius 2 is 2.00 bits per heavy atom. The minimum atomic E-state index is -3.49. The molecule has 0 saturated carbocycles. The molecule has 0 bridgehead atoms. The number of benzene rings is 1. The molecular weight excluding hydrogens is 215 g/mol. The van der Waals surface area contributed by atoms with E-state index in [1.807, 2.05) is 31.2 Å². The molecule has 0 aliphatic heterocycles. The molecule has 0 saturated heterocycles. The van der Waals surface area contributed by atoms with Crippen LogP contribution in [0.1, 0.15) is 11.1 Å². The van der Waals surface area contributed by atoms with E-state index in [1.165, 1.54) is 5.71 Å². The fourth-order valence-electron chi connectivity index (χ4n) is 1.10. The summed E-state index contributed by atoms with van der Waals surface area (Å²) in [4.78, 5) is 0. The zero-order chi connectivity index (χ0) is 9.19. The average molecular weight is 228 g/mol. The maximum atomic E-state index is 11.2. The summed E-state index contributed by atoms with van der Waals surface area (Å²) in [7, 11) is 0. The van der Waals surface area contributed by atoms with Gasteiger partial charge in [-0.1, -0.05) is 0 Å². The summed E-state index contributed by atoms with van der Waals surface area (Å²) in [6.07, 6.45) is 0. The van der Waals surface area contributed by atoms with Crippen molar-refractivity contribution in [2.45, 2.75) is 17.8 Å². The zero-order valence-corrected chi connectivity index (χ0v) is 9.20. The molecule has 66 valence electrons. The molecule has 1 unspecified atom stereocenters. The summed E-state index contributed by atoms with van der Waals surface area (Å²) in [5, 5.41) is 0.338. The standard InChI is InChI=1S/C9H13AsO2/c1-8-5-3-4-6-9(8)7-10(2,11)12/h3-6H,7H2,1-2H3,(H,11,12). The molecule has 2 nitrogen and oxygen atoms in total. The van der Waals surface area contributed by atoms with Gasteiger partial charge < -0.3 is 0 Å². The molecule has 0 fully saturated rings. The Hall–Kier alpha value is -0.462. The molecule has 0 aliphatic rings. The zero-order valence-electron chi connectivity index (χ0n) is 7.32. The van der Waals surface area contributed by atoms with E-state index in [2.05, 4.69) is 0 Å². The molecule has 1 N–H and O–H groups in total. The normalized spacial score (nSPS) is 15.6. The molecule has 0 heterocycles. The fraction of sp³-hybridized carbons (Fsp3) is 0.333. The Balaban J connectivity index is 2.90. The van der Waals surface area contributed by atoms with E-state index in [0.29, 0.717) is 5.21 Å². The third-order valence-corrected chi connectivity index (χ3v) is 3.67. The number of rotatable bonds is 2. The van der Waals surface area contributed by atoms with Gasteiger partial charge in [0.2, 0.25) is 0 Å². The monoisotopic (exact) mass is 228 g/mol. The second-order valence-electron chi connectivity index (χ2n) is 3.14. The topological polar surface area (TPSA) is 37.3 Å². The second kappa shape index (κ2) is 3.51. The van der Waals surface area contributed by atoms with Gasteiger partial charge in [-0.25, -0.2) is 0 Å². The first-order chi connectivity index (χ1) is 5.49. The van der Waals surface area contributed by atoms with Crippen LogP contribution < -0.4 is 0 Å². The first-order valence-corrected chi connectivity index (χ1v) is 8.64. The van der Waals surface area contributed by atoms with Crippen LogP contribution in [-0.4, -0.2) is 17.9 Å². The number of hydrogen-bond donors (Lipinski definition) is 1. The van der Waals surface area contributed by atoms with Gasteiger partial charge in [-0.15, -0.1) is 0 Å². The van der Waals surface area contributed by atoms with Crippen molar-refractivity contribution < 1.29 is 7.84 Å². The van der Waals surface area contributed by atoms with E-state index in [9.17, 15) is 7.84 Å². The van der Waals surface area contributed by atoms with Gasteiger partial charge in [0.05, 0.1) is 0 Å². The first kappa shape index (κ1) is 9.63. The Bertz CT molecular complexity index is 314. The predicted molar refractivity (Wildman–Crippen MR) is 49.4 cm³/mol. The van der Waals surface area contributed by atoms with Crippen LogP contribution >= 0.6 is 0 Å². The van der Waals surface area contributed by atoms with Crippen molar-refractivity contribution in [2.24, 2.45) is 0 Å². The summed E-state index contributed by atoms with van der Waals surface area (Å²) in [5.41, 5.74) is 3.53. The van der Waals surface area contributed by atoms with Crippen LogP contribution in [0.4, 0.5) is 0 Å².